The highest BCUT2D eigenvalue weighted by atomic mass is 19.1. The minimum absolute atomic E-state index is 0.602. The summed E-state index contributed by atoms with van der Waals surface area (Å²) < 4.78 is 45.9. The zero-order valence-corrected chi connectivity index (χ0v) is 5.38. The molecule has 1 aromatic heterocycles. The molecule has 0 aromatic carbocycles. The Balaban J connectivity index is 3.12. The van der Waals surface area contributed by atoms with Gasteiger partial charge in [0.05, 0.1) is 12.3 Å². The van der Waals surface area contributed by atoms with E-state index in [4.69, 9.17) is 9.22 Å². The van der Waals surface area contributed by atoms with Crippen LogP contribution in [0.4, 0.5) is 8.78 Å². The van der Waals surface area contributed by atoms with Gasteiger partial charge < -0.3 is 5.11 Å². The summed E-state index contributed by atoms with van der Waals surface area (Å²) in [5.41, 5.74) is -0.662. The highest BCUT2D eigenvalue weighted by Crippen LogP contribution is 2.14. The van der Waals surface area contributed by atoms with Crippen molar-refractivity contribution < 1.29 is 18.0 Å². The Bertz CT molecular complexity index is 342. The number of halogens is 2. The van der Waals surface area contributed by atoms with E-state index in [1.807, 2.05) is 0 Å². The van der Waals surface area contributed by atoms with E-state index in [1.54, 1.807) is 0 Å². The van der Waals surface area contributed by atoms with Crippen molar-refractivity contribution in [2.24, 2.45) is 0 Å². The predicted molar refractivity (Wildman–Crippen MR) is 34.8 cm³/mol. The fraction of sp³-hybridized carbons (Fsp3) is 0.286. The van der Waals surface area contributed by atoms with E-state index in [1.165, 1.54) is 0 Å². The first-order chi connectivity index (χ1) is 6.32. The Morgan fingerprint density at radius 2 is 2.45 bits per heavy atom. The molecule has 4 heteroatoms. The molecule has 0 fully saturated rings. The normalized spacial score (nSPS) is 18.3. The molecule has 0 aliphatic heterocycles. The molecular formula is C7H7F2NO. The molecule has 0 bridgehead atoms. The summed E-state index contributed by atoms with van der Waals surface area (Å²) in [6.45, 7) is -2.80. The molecular weight excluding hydrogens is 152 g/mol. The lowest BCUT2D eigenvalue weighted by Crippen LogP contribution is -1.99. The lowest BCUT2D eigenvalue weighted by atomic mass is 10.2. The van der Waals surface area contributed by atoms with Crippen molar-refractivity contribution in [2.45, 2.75) is 13.0 Å². The summed E-state index contributed by atoms with van der Waals surface area (Å²) >= 11 is 0. The largest absolute Gasteiger partial charge is 0.389 e. The maximum absolute atomic E-state index is 12.9. The lowest BCUT2D eigenvalue weighted by Gasteiger charge is -2.03. The van der Waals surface area contributed by atoms with Gasteiger partial charge in [-0.25, -0.2) is 9.37 Å². The lowest BCUT2D eigenvalue weighted by molar-refractivity contribution is 0.192. The molecule has 1 rings (SSSR count). The number of rotatable bonds is 1. The van der Waals surface area contributed by atoms with Crippen molar-refractivity contribution in [3.05, 3.63) is 29.6 Å². The minimum Gasteiger partial charge on any atom is -0.389 e. The highest BCUT2D eigenvalue weighted by Gasteiger charge is 2.09. The van der Waals surface area contributed by atoms with Gasteiger partial charge in [-0.05, 0) is 12.9 Å². The van der Waals surface area contributed by atoms with Crippen LogP contribution in [0, 0.1) is 11.8 Å². The number of pyridine rings is 1. The molecule has 1 N–H and O–H groups in total. The van der Waals surface area contributed by atoms with Crippen LogP contribution in [0.15, 0.2) is 12.3 Å². The van der Waals surface area contributed by atoms with Crippen LogP contribution in [0.1, 0.15) is 22.6 Å². The van der Waals surface area contributed by atoms with Gasteiger partial charge in [0.15, 0.2) is 0 Å². The van der Waals surface area contributed by atoms with Crippen molar-refractivity contribution in [3.63, 3.8) is 0 Å². The van der Waals surface area contributed by atoms with Gasteiger partial charge in [0, 0.05) is 9.68 Å². The summed E-state index contributed by atoms with van der Waals surface area (Å²) in [6.07, 6.45) is -1.46. The molecule has 0 saturated carbocycles. The second-order valence-electron chi connectivity index (χ2n) is 1.94. The van der Waals surface area contributed by atoms with Gasteiger partial charge in [-0.15, -0.1) is 0 Å². The van der Waals surface area contributed by atoms with Gasteiger partial charge in [0.2, 0.25) is 5.95 Å². The molecule has 1 aromatic rings. The molecule has 0 aliphatic carbocycles. The van der Waals surface area contributed by atoms with Gasteiger partial charge in [-0.1, -0.05) is 0 Å². The van der Waals surface area contributed by atoms with Crippen molar-refractivity contribution in [1.82, 2.24) is 4.98 Å². The van der Waals surface area contributed by atoms with Gasteiger partial charge in [-0.2, -0.15) is 4.39 Å². The second kappa shape index (κ2) is 2.92. The number of aliphatic hydroxyl groups excluding tert-OH is 1. The van der Waals surface area contributed by atoms with Crippen LogP contribution in [0.3, 0.4) is 0 Å². The molecule has 60 valence electrons. The maximum atomic E-state index is 12.9. The SMILES string of the molecule is [2H]C([2H])([2H])C(O)c1cc(F)cnc1F. The third-order valence-corrected chi connectivity index (χ3v) is 1.13. The van der Waals surface area contributed by atoms with Crippen LogP contribution < -0.4 is 0 Å². The fourth-order valence-electron chi connectivity index (χ4n) is 0.630. The summed E-state index contributed by atoms with van der Waals surface area (Å²) in [4.78, 5) is 2.96. The number of aromatic nitrogens is 1. The maximum Gasteiger partial charge on any atom is 0.218 e. The Labute approximate surface area is 66.7 Å². The standard InChI is InChI=1S/C7H7F2NO/c1-4(11)6-2-5(8)3-10-7(6)9/h2-4,11H,1H3/i1D3. The van der Waals surface area contributed by atoms with E-state index in [9.17, 15) is 8.78 Å². The van der Waals surface area contributed by atoms with Crippen molar-refractivity contribution >= 4 is 0 Å². The van der Waals surface area contributed by atoms with Gasteiger partial charge in [0.1, 0.15) is 5.82 Å². The zero-order chi connectivity index (χ0) is 10.9. The zero-order valence-electron chi connectivity index (χ0n) is 8.38. The third-order valence-electron chi connectivity index (χ3n) is 1.13. The first kappa shape index (κ1) is 4.77. The van der Waals surface area contributed by atoms with Crippen molar-refractivity contribution in [2.75, 3.05) is 0 Å². The molecule has 0 amide bonds. The van der Waals surface area contributed by atoms with Gasteiger partial charge >= 0.3 is 0 Å². The van der Waals surface area contributed by atoms with E-state index < -0.39 is 30.3 Å². The molecule has 0 saturated heterocycles. The molecule has 0 aliphatic rings. The Kier molecular flexibility index (Phi) is 1.27. The number of hydrogen-bond donors (Lipinski definition) is 1. The monoisotopic (exact) mass is 162 g/mol. The second-order valence-corrected chi connectivity index (χ2v) is 1.94. The molecule has 1 atom stereocenters. The Morgan fingerprint density at radius 3 is 3.09 bits per heavy atom. The van der Waals surface area contributed by atoms with E-state index in [0.717, 1.165) is 0 Å². The quantitative estimate of drug-likeness (QED) is 0.633. The van der Waals surface area contributed by atoms with E-state index >= 15 is 0 Å². The van der Waals surface area contributed by atoms with Gasteiger partial charge in [-0.3, -0.25) is 0 Å². The smallest absolute Gasteiger partial charge is 0.218 e. The average Bonchev–Trinajstić information content (AvgIpc) is 2.06. The molecule has 0 spiro atoms. The van der Waals surface area contributed by atoms with E-state index in [-0.39, 0.29) is 0 Å². The molecule has 1 heterocycles. The summed E-state index contributed by atoms with van der Waals surface area (Å²) in [5, 5.41) is 9.15. The van der Waals surface area contributed by atoms with Gasteiger partial charge in [0.25, 0.3) is 0 Å². The van der Waals surface area contributed by atoms with Crippen molar-refractivity contribution in [1.29, 1.82) is 0 Å². The van der Waals surface area contributed by atoms with Crippen LogP contribution >= 0.6 is 0 Å². The topological polar surface area (TPSA) is 33.1 Å². The average molecular weight is 162 g/mol. The first-order valence-electron chi connectivity index (χ1n) is 4.31. The predicted octanol–water partition coefficient (Wildman–Crippen LogP) is 1.41. The molecule has 11 heavy (non-hydrogen) atoms. The van der Waals surface area contributed by atoms with Crippen LogP contribution in [0.2, 0.25) is 0 Å². The van der Waals surface area contributed by atoms with E-state index in [0.29, 0.717) is 12.3 Å². The molecule has 2 nitrogen and oxygen atoms in total. The summed E-state index contributed by atoms with van der Waals surface area (Å²) in [5.74, 6) is -2.08. The Morgan fingerprint density at radius 1 is 1.73 bits per heavy atom. The minimum atomic E-state index is -2.80. The summed E-state index contributed by atoms with van der Waals surface area (Å²) in [7, 11) is 0. The number of nitrogens with zero attached hydrogens (tertiary/aromatic N) is 1. The summed E-state index contributed by atoms with van der Waals surface area (Å²) in [6, 6.07) is 0.610. The fourth-order valence-corrected chi connectivity index (χ4v) is 0.630. The third kappa shape index (κ3) is 1.71. The number of hydrogen-bond acceptors (Lipinski definition) is 2. The number of aliphatic hydroxyl groups is 1. The first-order valence-corrected chi connectivity index (χ1v) is 2.81. The van der Waals surface area contributed by atoms with Crippen LogP contribution in [0.25, 0.3) is 0 Å². The van der Waals surface area contributed by atoms with Crippen LogP contribution in [-0.2, 0) is 0 Å². The van der Waals surface area contributed by atoms with Crippen molar-refractivity contribution in [3.8, 4) is 0 Å². The van der Waals surface area contributed by atoms with Crippen LogP contribution in [0.5, 0.6) is 0 Å². The van der Waals surface area contributed by atoms with E-state index in [2.05, 4.69) is 4.98 Å². The van der Waals surface area contributed by atoms with Crippen LogP contribution in [-0.4, -0.2) is 10.1 Å². The molecule has 1 unspecified atom stereocenters. The highest BCUT2D eigenvalue weighted by molar-refractivity contribution is 5.14. The Hall–Kier alpha value is -1.03. The molecule has 0 radical (unpaired) electrons.